The molecule has 2 rings (SSSR count). The first-order chi connectivity index (χ1) is 9.27. The molecule has 1 aliphatic heterocycles. The molecule has 1 heterocycles. The van der Waals surface area contributed by atoms with Crippen molar-refractivity contribution in [2.24, 2.45) is 0 Å². The van der Waals surface area contributed by atoms with Crippen molar-refractivity contribution in [3.8, 4) is 0 Å². The number of ether oxygens (including phenoxy) is 1. The van der Waals surface area contributed by atoms with Crippen LogP contribution < -0.4 is 10.6 Å². The summed E-state index contributed by atoms with van der Waals surface area (Å²) in [6.45, 7) is -0.193. The van der Waals surface area contributed by atoms with Crippen molar-refractivity contribution >= 4 is 29.3 Å². The van der Waals surface area contributed by atoms with Crippen LogP contribution in [-0.2, 0) is 15.7 Å². The van der Waals surface area contributed by atoms with E-state index in [2.05, 4.69) is 15.4 Å². The van der Waals surface area contributed by atoms with Gasteiger partial charge in [-0.15, -0.1) is 0 Å². The zero-order chi connectivity index (χ0) is 14.9. The van der Waals surface area contributed by atoms with E-state index in [1.165, 1.54) is 0 Å². The van der Waals surface area contributed by atoms with E-state index in [4.69, 9.17) is 11.6 Å². The second kappa shape index (κ2) is 5.20. The number of halogens is 4. The lowest BCUT2D eigenvalue weighted by molar-refractivity contribution is -0.137. The van der Waals surface area contributed by atoms with E-state index in [1.807, 2.05) is 0 Å². The molecule has 0 saturated carbocycles. The van der Waals surface area contributed by atoms with Gasteiger partial charge in [-0.05, 0) is 18.2 Å². The molecule has 1 atom stereocenters. The number of hydrogen-bond donors (Lipinski definition) is 2. The van der Waals surface area contributed by atoms with Gasteiger partial charge in [0.15, 0.2) is 0 Å². The first kappa shape index (κ1) is 14.4. The lowest BCUT2D eigenvalue weighted by Gasteiger charge is -2.13. The molecule has 1 unspecified atom stereocenters. The van der Waals surface area contributed by atoms with Crippen molar-refractivity contribution in [2.45, 2.75) is 12.2 Å². The maximum Gasteiger partial charge on any atom is 0.416 e. The molecular formula is C11H8ClF3N2O3. The Labute approximate surface area is 116 Å². The molecule has 0 radical (unpaired) electrons. The molecular weight excluding hydrogens is 301 g/mol. The number of carbonyl (C=O) groups excluding carboxylic acids is 2. The van der Waals surface area contributed by atoms with Gasteiger partial charge in [-0.3, -0.25) is 4.79 Å². The normalized spacial score (nSPS) is 18.4. The molecule has 0 aliphatic carbocycles. The van der Waals surface area contributed by atoms with Crippen LogP contribution in [0, 0.1) is 0 Å². The first-order valence-electron chi connectivity index (χ1n) is 5.38. The van der Waals surface area contributed by atoms with Gasteiger partial charge in [0.25, 0.3) is 5.91 Å². The van der Waals surface area contributed by atoms with Crippen molar-refractivity contribution in [1.82, 2.24) is 5.32 Å². The second-order valence-corrected chi connectivity index (χ2v) is 4.38. The van der Waals surface area contributed by atoms with E-state index >= 15 is 0 Å². The van der Waals surface area contributed by atoms with Crippen LogP contribution in [0.1, 0.15) is 5.56 Å². The standard InChI is InChI=1S/C11H8ClF3N2O3/c12-6-2-1-5(11(13,14)15)3-7(6)16-9(18)8-4-20-10(19)17-8/h1-3,8H,4H2,(H,16,18)(H,17,19). The minimum atomic E-state index is -4.55. The molecule has 1 fully saturated rings. The number of carbonyl (C=O) groups is 2. The van der Waals surface area contributed by atoms with Crippen LogP contribution in [0.3, 0.4) is 0 Å². The molecule has 0 bridgehead atoms. The Balaban J connectivity index is 2.16. The van der Waals surface area contributed by atoms with Crippen molar-refractivity contribution in [2.75, 3.05) is 11.9 Å². The fourth-order valence-electron chi connectivity index (χ4n) is 1.54. The molecule has 2 N–H and O–H groups in total. The summed E-state index contributed by atoms with van der Waals surface area (Å²) in [6, 6.07) is 1.59. The van der Waals surface area contributed by atoms with Gasteiger partial charge in [0.1, 0.15) is 12.6 Å². The van der Waals surface area contributed by atoms with Crippen molar-refractivity contribution in [3.63, 3.8) is 0 Å². The second-order valence-electron chi connectivity index (χ2n) is 3.98. The minimum absolute atomic E-state index is 0.0448. The van der Waals surface area contributed by atoms with Gasteiger partial charge in [0.2, 0.25) is 0 Å². The third kappa shape index (κ3) is 3.13. The third-order valence-corrected chi connectivity index (χ3v) is 2.87. The van der Waals surface area contributed by atoms with E-state index in [0.29, 0.717) is 0 Å². The van der Waals surface area contributed by atoms with Crippen LogP contribution in [-0.4, -0.2) is 24.6 Å². The zero-order valence-electron chi connectivity index (χ0n) is 9.75. The van der Waals surface area contributed by atoms with Gasteiger partial charge >= 0.3 is 12.3 Å². The molecule has 5 nitrogen and oxygen atoms in total. The summed E-state index contributed by atoms with van der Waals surface area (Å²) < 4.78 is 42.2. The number of cyclic esters (lactones) is 1. The maximum absolute atomic E-state index is 12.6. The van der Waals surface area contributed by atoms with Gasteiger partial charge in [0.05, 0.1) is 16.3 Å². The Morgan fingerprint density at radius 3 is 2.70 bits per heavy atom. The quantitative estimate of drug-likeness (QED) is 0.881. The van der Waals surface area contributed by atoms with E-state index in [9.17, 15) is 22.8 Å². The molecule has 1 aromatic rings. The zero-order valence-corrected chi connectivity index (χ0v) is 10.5. The molecule has 0 spiro atoms. The number of amides is 2. The number of nitrogens with one attached hydrogen (secondary N) is 2. The number of rotatable bonds is 2. The summed E-state index contributed by atoms with van der Waals surface area (Å²) in [5.41, 5.74) is -1.13. The monoisotopic (exact) mass is 308 g/mol. The van der Waals surface area contributed by atoms with Crippen LogP contribution in [0.4, 0.5) is 23.7 Å². The predicted molar refractivity (Wildman–Crippen MR) is 63.4 cm³/mol. The average molecular weight is 309 g/mol. The Morgan fingerprint density at radius 1 is 1.45 bits per heavy atom. The fourth-order valence-corrected chi connectivity index (χ4v) is 1.71. The van der Waals surface area contributed by atoms with Crippen LogP contribution in [0.25, 0.3) is 0 Å². The predicted octanol–water partition coefficient (Wildman–Crippen LogP) is 2.41. The molecule has 108 valence electrons. The summed E-state index contributed by atoms with van der Waals surface area (Å²) in [4.78, 5) is 22.5. The summed E-state index contributed by atoms with van der Waals surface area (Å²) in [6.07, 6.45) is -5.31. The molecule has 20 heavy (non-hydrogen) atoms. The average Bonchev–Trinajstić information content (AvgIpc) is 2.77. The first-order valence-corrected chi connectivity index (χ1v) is 5.76. The van der Waals surface area contributed by atoms with Crippen molar-refractivity contribution < 1.29 is 27.5 Å². The molecule has 9 heteroatoms. The largest absolute Gasteiger partial charge is 0.447 e. The number of benzene rings is 1. The topological polar surface area (TPSA) is 67.4 Å². The molecule has 2 amide bonds. The van der Waals surface area contributed by atoms with E-state index in [1.54, 1.807) is 0 Å². The number of alkyl carbamates (subject to hydrolysis) is 1. The van der Waals surface area contributed by atoms with Crippen molar-refractivity contribution in [1.29, 1.82) is 0 Å². The van der Waals surface area contributed by atoms with Gasteiger partial charge in [-0.25, -0.2) is 4.79 Å². The van der Waals surface area contributed by atoms with Crippen LogP contribution in [0.5, 0.6) is 0 Å². The van der Waals surface area contributed by atoms with Crippen LogP contribution in [0.2, 0.25) is 5.02 Å². The summed E-state index contributed by atoms with van der Waals surface area (Å²) in [5.74, 6) is -0.711. The Bertz CT molecular complexity index is 562. The van der Waals surface area contributed by atoms with Gasteiger partial charge < -0.3 is 15.4 Å². The lowest BCUT2D eigenvalue weighted by Crippen LogP contribution is -2.38. The molecule has 1 aromatic carbocycles. The highest BCUT2D eigenvalue weighted by atomic mass is 35.5. The molecule has 1 saturated heterocycles. The SMILES string of the molecule is O=C1NC(C(=O)Nc2cc(C(F)(F)F)ccc2Cl)CO1. The summed E-state index contributed by atoms with van der Waals surface area (Å²) >= 11 is 5.73. The smallest absolute Gasteiger partial charge is 0.416 e. The van der Waals surface area contributed by atoms with Crippen LogP contribution in [0.15, 0.2) is 18.2 Å². The highest BCUT2D eigenvalue weighted by molar-refractivity contribution is 6.33. The Morgan fingerprint density at radius 2 is 2.15 bits per heavy atom. The Kier molecular flexibility index (Phi) is 3.76. The number of hydrogen-bond acceptors (Lipinski definition) is 3. The Hall–Kier alpha value is -1.96. The van der Waals surface area contributed by atoms with E-state index in [-0.39, 0.29) is 17.3 Å². The summed E-state index contributed by atoms with van der Waals surface area (Å²) in [5, 5.41) is 4.37. The number of anilines is 1. The van der Waals surface area contributed by atoms with Gasteiger partial charge in [0, 0.05) is 0 Å². The van der Waals surface area contributed by atoms with E-state index in [0.717, 1.165) is 18.2 Å². The highest BCUT2D eigenvalue weighted by Gasteiger charge is 2.32. The molecule has 0 aromatic heterocycles. The fraction of sp³-hybridized carbons (Fsp3) is 0.273. The number of alkyl halides is 3. The lowest BCUT2D eigenvalue weighted by atomic mass is 10.2. The molecule has 1 aliphatic rings. The van der Waals surface area contributed by atoms with Gasteiger partial charge in [-0.1, -0.05) is 11.6 Å². The maximum atomic E-state index is 12.6. The van der Waals surface area contributed by atoms with Gasteiger partial charge in [-0.2, -0.15) is 13.2 Å². The third-order valence-electron chi connectivity index (χ3n) is 2.54. The van der Waals surface area contributed by atoms with Crippen molar-refractivity contribution in [3.05, 3.63) is 28.8 Å². The van der Waals surface area contributed by atoms with Crippen LogP contribution >= 0.6 is 11.6 Å². The highest BCUT2D eigenvalue weighted by Crippen LogP contribution is 2.33. The minimum Gasteiger partial charge on any atom is -0.447 e. The van der Waals surface area contributed by atoms with E-state index < -0.39 is 29.8 Å². The summed E-state index contributed by atoms with van der Waals surface area (Å²) in [7, 11) is 0.